The van der Waals surface area contributed by atoms with Gasteiger partial charge in [0.15, 0.2) is 0 Å². The third-order valence-corrected chi connectivity index (χ3v) is 4.34. The van der Waals surface area contributed by atoms with Crippen LogP contribution in [-0.4, -0.2) is 12.5 Å². The van der Waals surface area contributed by atoms with Gasteiger partial charge >= 0.3 is 0 Å². The van der Waals surface area contributed by atoms with E-state index in [1.807, 2.05) is 0 Å². The van der Waals surface area contributed by atoms with Gasteiger partial charge in [0.25, 0.3) is 0 Å². The van der Waals surface area contributed by atoms with Crippen molar-refractivity contribution in [1.29, 1.82) is 0 Å². The molecule has 0 heterocycles. The smallest absolute Gasteiger partial charge is 0.220 e. The lowest BCUT2D eigenvalue weighted by molar-refractivity contribution is -0.120. The van der Waals surface area contributed by atoms with E-state index in [-0.39, 0.29) is 11.3 Å². The van der Waals surface area contributed by atoms with Crippen molar-refractivity contribution in [3.8, 4) is 11.8 Å². The van der Waals surface area contributed by atoms with Crippen molar-refractivity contribution in [1.82, 2.24) is 5.32 Å². The summed E-state index contributed by atoms with van der Waals surface area (Å²) in [5.41, 5.74) is 0.0137. The second-order valence-corrected chi connectivity index (χ2v) is 8.32. The van der Waals surface area contributed by atoms with E-state index in [1.54, 1.807) is 0 Å². The minimum absolute atomic E-state index is 0.0137. The number of carbonyl (C=O) groups is 1. The van der Waals surface area contributed by atoms with Crippen molar-refractivity contribution in [2.45, 2.75) is 118 Å². The first kappa shape index (κ1) is 24.0. The van der Waals surface area contributed by atoms with Crippen LogP contribution in [0.1, 0.15) is 118 Å². The van der Waals surface area contributed by atoms with Crippen molar-refractivity contribution in [3.05, 3.63) is 0 Å². The fourth-order valence-corrected chi connectivity index (χ4v) is 2.84. The Hall–Kier alpha value is -0.970. The molecule has 0 fully saturated rings. The second kappa shape index (κ2) is 16.5. The summed E-state index contributed by atoms with van der Waals surface area (Å²) in [6.07, 6.45) is 18.0. The van der Waals surface area contributed by atoms with Gasteiger partial charge in [-0.1, -0.05) is 95.8 Å². The summed E-state index contributed by atoms with van der Waals surface area (Å²) in [6, 6.07) is 0. The van der Waals surface area contributed by atoms with Crippen LogP contribution in [-0.2, 0) is 4.79 Å². The van der Waals surface area contributed by atoms with Crippen molar-refractivity contribution in [2.24, 2.45) is 5.41 Å². The van der Waals surface area contributed by atoms with Gasteiger partial charge in [-0.15, -0.1) is 0 Å². The molecule has 0 bridgehead atoms. The highest BCUT2D eigenvalue weighted by Crippen LogP contribution is 2.13. The highest BCUT2D eigenvalue weighted by atomic mass is 16.1. The molecule has 0 rings (SSSR count). The topological polar surface area (TPSA) is 29.1 Å². The highest BCUT2D eigenvalue weighted by Gasteiger charge is 2.03. The molecule has 146 valence electrons. The Morgan fingerprint density at radius 3 is 1.64 bits per heavy atom. The van der Waals surface area contributed by atoms with Gasteiger partial charge in [-0.3, -0.25) is 4.79 Å². The molecule has 0 aliphatic rings. The number of unbranched alkanes of at least 4 members (excludes halogenated alkanes) is 12. The second-order valence-electron chi connectivity index (χ2n) is 8.32. The molecule has 1 amide bonds. The van der Waals surface area contributed by atoms with Crippen LogP contribution in [0, 0.1) is 17.3 Å². The molecular formula is C23H43NO. The van der Waals surface area contributed by atoms with E-state index < -0.39 is 0 Å². The van der Waals surface area contributed by atoms with Crippen LogP contribution in [0.3, 0.4) is 0 Å². The van der Waals surface area contributed by atoms with Gasteiger partial charge in [0.2, 0.25) is 5.91 Å². The summed E-state index contributed by atoms with van der Waals surface area (Å²) >= 11 is 0. The summed E-state index contributed by atoms with van der Waals surface area (Å²) in [7, 11) is 0. The zero-order chi connectivity index (χ0) is 18.8. The molecule has 0 aromatic carbocycles. The Morgan fingerprint density at radius 1 is 0.760 bits per heavy atom. The van der Waals surface area contributed by atoms with E-state index >= 15 is 0 Å². The molecule has 1 N–H and O–H groups in total. The summed E-state index contributed by atoms with van der Waals surface area (Å²) in [6.45, 7) is 8.99. The number of rotatable bonds is 15. The first-order valence-electron chi connectivity index (χ1n) is 10.7. The van der Waals surface area contributed by atoms with Gasteiger partial charge in [-0.25, -0.2) is 0 Å². The van der Waals surface area contributed by atoms with E-state index in [1.165, 1.54) is 77.0 Å². The lowest BCUT2D eigenvalue weighted by Crippen LogP contribution is -2.23. The van der Waals surface area contributed by atoms with Gasteiger partial charge in [0.05, 0.1) is 6.54 Å². The van der Waals surface area contributed by atoms with E-state index in [0.717, 1.165) is 6.42 Å². The first-order chi connectivity index (χ1) is 12.0. The number of hydrogen-bond donors (Lipinski definition) is 1. The molecule has 0 atom stereocenters. The van der Waals surface area contributed by atoms with Crippen LogP contribution < -0.4 is 5.32 Å². The standard InChI is InChI=1S/C23H43NO/c1-5-6-7-8-9-10-11-12-13-14-15-16-17-19-22(25)24-21-18-20-23(2,3)4/h5-17,19,21H2,1-4H3,(H,24,25). The monoisotopic (exact) mass is 349 g/mol. The van der Waals surface area contributed by atoms with Crippen LogP contribution in [0.2, 0.25) is 0 Å². The molecule has 0 aromatic heterocycles. The Labute approximate surface area is 157 Å². The quantitative estimate of drug-likeness (QED) is 0.261. The maximum absolute atomic E-state index is 11.7. The molecule has 25 heavy (non-hydrogen) atoms. The zero-order valence-electron chi connectivity index (χ0n) is 17.5. The van der Waals surface area contributed by atoms with Crippen LogP contribution >= 0.6 is 0 Å². The lowest BCUT2D eigenvalue weighted by Gasteiger charge is -2.07. The van der Waals surface area contributed by atoms with Crippen LogP contribution in [0.4, 0.5) is 0 Å². The molecule has 0 aliphatic heterocycles. The molecular weight excluding hydrogens is 306 g/mol. The van der Waals surface area contributed by atoms with Gasteiger partial charge in [-0.2, -0.15) is 0 Å². The SMILES string of the molecule is CCCCCCCCCCCCCCCC(=O)NCC#CC(C)(C)C. The molecule has 2 heteroatoms. The Balaban J connectivity index is 3.27. The van der Waals surface area contributed by atoms with Gasteiger partial charge in [0.1, 0.15) is 0 Å². The van der Waals surface area contributed by atoms with Crippen molar-refractivity contribution < 1.29 is 4.79 Å². The molecule has 2 nitrogen and oxygen atoms in total. The minimum atomic E-state index is 0.0137. The molecule has 0 unspecified atom stereocenters. The molecule has 0 saturated carbocycles. The summed E-state index contributed by atoms with van der Waals surface area (Å²) < 4.78 is 0. The number of nitrogens with one attached hydrogen (secondary N) is 1. The average Bonchev–Trinajstić information content (AvgIpc) is 2.55. The largest absolute Gasteiger partial charge is 0.345 e. The summed E-state index contributed by atoms with van der Waals surface area (Å²) in [5.74, 6) is 6.30. The average molecular weight is 350 g/mol. The molecule has 0 aromatic rings. The van der Waals surface area contributed by atoms with Gasteiger partial charge < -0.3 is 5.32 Å². The normalized spacial score (nSPS) is 11.0. The minimum Gasteiger partial charge on any atom is -0.345 e. The Kier molecular flexibility index (Phi) is 15.9. The number of carbonyl (C=O) groups excluding carboxylic acids is 1. The highest BCUT2D eigenvalue weighted by molar-refractivity contribution is 5.76. The van der Waals surface area contributed by atoms with Crippen LogP contribution in [0.5, 0.6) is 0 Å². The predicted octanol–water partition coefficient (Wildman–Crippen LogP) is 6.63. The molecule has 0 spiro atoms. The Bertz CT molecular complexity index is 370. The maximum Gasteiger partial charge on any atom is 0.220 e. The van der Waals surface area contributed by atoms with Crippen LogP contribution in [0.15, 0.2) is 0 Å². The number of hydrogen-bond acceptors (Lipinski definition) is 1. The predicted molar refractivity (Wildman–Crippen MR) is 111 cm³/mol. The van der Waals surface area contributed by atoms with Crippen molar-refractivity contribution in [2.75, 3.05) is 6.54 Å². The molecule has 0 saturated heterocycles. The third kappa shape index (κ3) is 21.0. The summed E-state index contributed by atoms with van der Waals surface area (Å²) in [5, 5.41) is 2.89. The van der Waals surface area contributed by atoms with Gasteiger partial charge in [0, 0.05) is 11.8 Å². The zero-order valence-corrected chi connectivity index (χ0v) is 17.5. The van der Waals surface area contributed by atoms with E-state index in [4.69, 9.17) is 0 Å². The molecule has 0 aliphatic carbocycles. The fourth-order valence-electron chi connectivity index (χ4n) is 2.84. The maximum atomic E-state index is 11.7. The first-order valence-corrected chi connectivity index (χ1v) is 10.7. The lowest BCUT2D eigenvalue weighted by atomic mass is 9.98. The van der Waals surface area contributed by atoms with Gasteiger partial charge in [-0.05, 0) is 27.2 Å². The van der Waals surface area contributed by atoms with E-state index in [0.29, 0.717) is 13.0 Å². The van der Waals surface area contributed by atoms with E-state index in [9.17, 15) is 4.79 Å². The number of amides is 1. The van der Waals surface area contributed by atoms with E-state index in [2.05, 4.69) is 44.9 Å². The van der Waals surface area contributed by atoms with Crippen molar-refractivity contribution in [3.63, 3.8) is 0 Å². The molecule has 0 radical (unpaired) electrons. The van der Waals surface area contributed by atoms with Crippen LogP contribution in [0.25, 0.3) is 0 Å². The summed E-state index contributed by atoms with van der Waals surface area (Å²) in [4.78, 5) is 11.7. The van der Waals surface area contributed by atoms with Crippen molar-refractivity contribution >= 4 is 5.91 Å². The third-order valence-electron chi connectivity index (χ3n) is 4.34. The fraction of sp³-hybridized carbons (Fsp3) is 0.870. The Morgan fingerprint density at radius 2 is 1.20 bits per heavy atom.